The highest BCUT2D eigenvalue weighted by atomic mass is 16.7. The monoisotopic (exact) mass is 610 g/mol. The van der Waals surface area contributed by atoms with E-state index in [1.165, 1.54) is 26.8 Å². The fraction of sp³-hybridized carbons (Fsp3) is 0.719. The molecule has 0 spiro atoms. The molecule has 1 aromatic rings. The van der Waals surface area contributed by atoms with Crippen LogP contribution in [-0.2, 0) is 24.7 Å². The standard InChI is InChI=1S/C32H50O11/c1-7-9-11-13-40-17-23(41-14-12-10-8-2)18-42-32(31(39)30(38)29(37)25(16-33)43-32)28-19(3)15-24(20(4)34)26(21(5)35)27(28)22(6)36/h15,23,25,29-31,33,37-39H,7-14,16-18H2,1-6H3/t23?,25-,29-,30+,31-,32-/m1/s1. The zero-order chi connectivity index (χ0) is 32.3. The number of hydrogen-bond donors (Lipinski definition) is 4. The first kappa shape index (κ1) is 37.1. The molecule has 1 aromatic carbocycles. The minimum absolute atomic E-state index is 0.0105. The summed E-state index contributed by atoms with van der Waals surface area (Å²) in [6.45, 7) is 9.48. The van der Waals surface area contributed by atoms with Crippen LogP contribution in [0.25, 0.3) is 0 Å². The second-order valence-electron chi connectivity index (χ2n) is 11.3. The number of aliphatic hydroxyl groups is 4. The van der Waals surface area contributed by atoms with Gasteiger partial charge in [-0.1, -0.05) is 39.5 Å². The Kier molecular flexibility index (Phi) is 15.0. The van der Waals surface area contributed by atoms with Gasteiger partial charge in [0.05, 0.1) is 19.8 Å². The molecule has 6 atom stereocenters. The molecule has 1 aliphatic heterocycles. The van der Waals surface area contributed by atoms with Crippen molar-refractivity contribution in [1.29, 1.82) is 0 Å². The zero-order valence-electron chi connectivity index (χ0n) is 26.4. The van der Waals surface area contributed by atoms with Gasteiger partial charge in [-0.25, -0.2) is 0 Å². The molecule has 11 nitrogen and oxygen atoms in total. The van der Waals surface area contributed by atoms with E-state index < -0.39 is 60.3 Å². The van der Waals surface area contributed by atoms with Crippen molar-refractivity contribution < 1.29 is 53.8 Å². The summed E-state index contributed by atoms with van der Waals surface area (Å²) in [5.74, 6) is -3.98. The van der Waals surface area contributed by atoms with Crippen LogP contribution in [0.1, 0.15) is 115 Å². The van der Waals surface area contributed by atoms with Crippen LogP contribution in [0.5, 0.6) is 0 Å². The molecule has 0 bridgehead atoms. The Morgan fingerprint density at radius 3 is 2.02 bits per heavy atom. The molecular weight excluding hydrogens is 560 g/mol. The van der Waals surface area contributed by atoms with Gasteiger partial charge in [-0.05, 0) is 52.2 Å². The summed E-state index contributed by atoms with van der Waals surface area (Å²) in [7, 11) is 0. The molecule has 1 unspecified atom stereocenters. The second-order valence-corrected chi connectivity index (χ2v) is 11.3. The number of ether oxygens (including phenoxy) is 4. The minimum atomic E-state index is -2.34. The lowest BCUT2D eigenvalue weighted by atomic mass is 9.79. The highest BCUT2D eigenvalue weighted by molar-refractivity contribution is 6.15. The fourth-order valence-corrected chi connectivity index (χ4v) is 5.43. The van der Waals surface area contributed by atoms with Gasteiger partial charge in [0, 0.05) is 35.5 Å². The van der Waals surface area contributed by atoms with Crippen LogP contribution in [0, 0.1) is 6.92 Å². The van der Waals surface area contributed by atoms with Crippen LogP contribution < -0.4 is 0 Å². The topological polar surface area (TPSA) is 169 Å². The molecule has 1 fully saturated rings. The molecule has 1 heterocycles. The van der Waals surface area contributed by atoms with Gasteiger partial charge >= 0.3 is 0 Å². The van der Waals surface area contributed by atoms with Gasteiger partial charge in [-0.15, -0.1) is 0 Å². The number of aliphatic hydroxyl groups excluding tert-OH is 4. The first-order chi connectivity index (χ1) is 20.4. The second kappa shape index (κ2) is 17.4. The highest BCUT2D eigenvalue weighted by Crippen LogP contribution is 2.44. The van der Waals surface area contributed by atoms with Crippen LogP contribution in [0.15, 0.2) is 6.07 Å². The first-order valence-electron chi connectivity index (χ1n) is 15.2. The lowest BCUT2D eigenvalue weighted by Crippen LogP contribution is -2.65. The smallest absolute Gasteiger partial charge is 0.226 e. The summed E-state index contributed by atoms with van der Waals surface area (Å²) in [6, 6.07) is 1.41. The molecule has 43 heavy (non-hydrogen) atoms. The van der Waals surface area contributed by atoms with Gasteiger partial charge < -0.3 is 39.4 Å². The number of Topliss-reactive ketones (excluding diaryl/α,β-unsaturated/α-hetero) is 3. The van der Waals surface area contributed by atoms with E-state index in [0.29, 0.717) is 13.2 Å². The first-order valence-corrected chi connectivity index (χ1v) is 15.2. The van der Waals surface area contributed by atoms with Crippen molar-refractivity contribution in [2.24, 2.45) is 0 Å². The maximum Gasteiger partial charge on any atom is 0.226 e. The SMILES string of the molecule is CCCCCOCC(CO[C@]1(c2c(C)cc(C(C)=O)c(C(C)=O)c2C(C)=O)O[C@H](CO)[C@@H](O)[C@H](O)[C@H]1O)OCCCCC. The van der Waals surface area contributed by atoms with E-state index in [1.807, 2.05) is 0 Å². The number of benzene rings is 1. The van der Waals surface area contributed by atoms with Crippen molar-refractivity contribution >= 4 is 17.3 Å². The summed E-state index contributed by atoms with van der Waals surface area (Å²) in [4.78, 5) is 38.6. The quantitative estimate of drug-likeness (QED) is 0.134. The highest BCUT2D eigenvalue weighted by Gasteiger charge is 2.57. The largest absolute Gasteiger partial charge is 0.394 e. The molecular formula is C32H50O11. The Bertz CT molecular complexity index is 1090. The summed E-state index contributed by atoms with van der Waals surface area (Å²) in [5.41, 5.74) is -0.201. The molecule has 4 N–H and O–H groups in total. The molecule has 11 heteroatoms. The number of ketones is 3. The lowest BCUT2D eigenvalue weighted by molar-refractivity contribution is -0.377. The van der Waals surface area contributed by atoms with Crippen molar-refractivity contribution in [3.8, 4) is 0 Å². The van der Waals surface area contributed by atoms with Gasteiger partial charge in [-0.3, -0.25) is 14.4 Å². The Labute approximate surface area is 254 Å². The van der Waals surface area contributed by atoms with Crippen molar-refractivity contribution in [3.05, 3.63) is 33.9 Å². The molecule has 2 rings (SSSR count). The maximum atomic E-state index is 13.2. The van der Waals surface area contributed by atoms with E-state index in [0.717, 1.165) is 38.5 Å². The Balaban J connectivity index is 2.70. The zero-order valence-corrected chi connectivity index (χ0v) is 26.4. The Morgan fingerprint density at radius 2 is 1.49 bits per heavy atom. The molecule has 0 amide bonds. The van der Waals surface area contributed by atoms with Crippen molar-refractivity contribution in [1.82, 2.24) is 0 Å². The van der Waals surface area contributed by atoms with Crippen molar-refractivity contribution in [2.45, 2.75) is 116 Å². The number of aryl methyl sites for hydroxylation is 1. The van der Waals surface area contributed by atoms with E-state index in [1.54, 1.807) is 6.92 Å². The molecule has 1 aliphatic rings. The normalized spacial score (nSPS) is 24.6. The lowest BCUT2D eigenvalue weighted by Gasteiger charge is -2.49. The van der Waals surface area contributed by atoms with Crippen LogP contribution in [0.2, 0.25) is 0 Å². The van der Waals surface area contributed by atoms with Gasteiger partial charge in [-0.2, -0.15) is 0 Å². The third kappa shape index (κ3) is 8.98. The summed E-state index contributed by atoms with van der Waals surface area (Å²) < 4.78 is 24.3. The van der Waals surface area contributed by atoms with Crippen LogP contribution in [0.3, 0.4) is 0 Å². The predicted octanol–water partition coefficient (Wildman–Crippen LogP) is 3.03. The number of carbonyl (C=O) groups excluding carboxylic acids is 3. The molecule has 0 aromatic heterocycles. The summed E-state index contributed by atoms with van der Waals surface area (Å²) in [6.07, 6.45) is -1.96. The fourth-order valence-electron chi connectivity index (χ4n) is 5.43. The van der Waals surface area contributed by atoms with Gasteiger partial charge in [0.15, 0.2) is 17.3 Å². The Hall–Kier alpha value is -2.09. The van der Waals surface area contributed by atoms with Crippen molar-refractivity contribution in [2.75, 3.05) is 33.0 Å². The average Bonchev–Trinajstić information content (AvgIpc) is 2.96. The third-order valence-corrected chi connectivity index (χ3v) is 7.69. The number of rotatable bonds is 19. The molecule has 0 saturated carbocycles. The van der Waals surface area contributed by atoms with Crippen LogP contribution in [0.4, 0.5) is 0 Å². The van der Waals surface area contributed by atoms with Crippen LogP contribution >= 0.6 is 0 Å². The number of carbonyl (C=O) groups is 3. The molecule has 0 aliphatic carbocycles. The van der Waals surface area contributed by atoms with Crippen LogP contribution in [-0.4, -0.2) is 101 Å². The van der Waals surface area contributed by atoms with E-state index in [-0.39, 0.29) is 41.0 Å². The summed E-state index contributed by atoms with van der Waals surface area (Å²) in [5, 5.41) is 43.1. The minimum Gasteiger partial charge on any atom is -0.394 e. The van der Waals surface area contributed by atoms with Gasteiger partial charge in [0.25, 0.3) is 0 Å². The van der Waals surface area contributed by atoms with Crippen molar-refractivity contribution in [3.63, 3.8) is 0 Å². The molecule has 1 saturated heterocycles. The molecule has 0 radical (unpaired) electrons. The van der Waals surface area contributed by atoms with E-state index in [2.05, 4.69) is 13.8 Å². The maximum absolute atomic E-state index is 13.2. The number of hydrogen-bond acceptors (Lipinski definition) is 11. The summed E-state index contributed by atoms with van der Waals surface area (Å²) >= 11 is 0. The Morgan fingerprint density at radius 1 is 0.884 bits per heavy atom. The molecule has 244 valence electrons. The number of unbranched alkanes of at least 4 members (excludes halogenated alkanes) is 4. The average molecular weight is 611 g/mol. The van der Waals surface area contributed by atoms with E-state index in [4.69, 9.17) is 18.9 Å². The van der Waals surface area contributed by atoms with Gasteiger partial charge in [0.2, 0.25) is 5.79 Å². The third-order valence-electron chi connectivity index (χ3n) is 7.69. The van der Waals surface area contributed by atoms with Gasteiger partial charge in [0.1, 0.15) is 30.5 Å². The van der Waals surface area contributed by atoms with E-state index >= 15 is 0 Å². The predicted molar refractivity (Wildman–Crippen MR) is 158 cm³/mol. The van der Waals surface area contributed by atoms with E-state index in [9.17, 15) is 34.8 Å².